The first-order chi connectivity index (χ1) is 14.2. The molecule has 0 radical (unpaired) electrons. The van der Waals surface area contributed by atoms with Crippen LogP contribution in [0.4, 0.5) is 0 Å². The highest BCUT2D eigenvalue weighted by atomic mass is 16.1. The Morgan fingerprint density at radius 2 is 1.76 bits per heavy atom. The molecule has 2 N–H and O–H groups in total. The standard InChI is InChI=1S/C12H18N2.C7H6O.C6H13N/c1-13-12-7-8-14(10-12)9-11-5-3-2-4-6-11;8-6-7-4-2-1-3-5-7;1-2-6-3-4-7-5-6/h2-6,12-13H,7-10H2,1H3;1-6H;6-7H,2-5H2,1H3/t12-;;6-/m1.1/s1. The molecular formula is C25H37N3O. The molecule has 158 valence electrons. The van der Waals surface area contributed by atoms with Crippen molar-refractivity contribution in [3.05, 3.63) is 71.8 Å². The molecule has 2 saturated heterocycles. The Morgan fingerprint density at radius 1 is 1.07 bits per heavy atom. The van der Waals surface area contributed by atoms with E-state index in [2.05, 4.69) is 59.8 Å². The van der Waals surface area contributed by atoms with Crippen molar-refractivity contribution in [2.24, 2.45) is 5.92 Å². The number of carbonyl (C=O) groups excluding carboxylic acids is 1. The summed E-state index contributed by atoms with van der Waals surface area (Å²) in [5.41, 5.74) is 2.15. The van der Waals surface area contributed by atoms with Crippen LogP contribution in [0.3, 0.4) is 0 Å². The van der Waals surface area contributed by atoms with Crippen LogP contribution in [0.2, 0.25) is 0 Å². The lowest BCUT2D eigenvalue weighted by atomic mass is 10.1. The molecule has 0 bridgehead atoms. The van der Waals surface area contributed by atoms with Crippen LogP contribution in [0, 0.1) is 5.92 Å². The van der Waals surface area contributed by atoms with Crippen molar-refractivity contribution in [2.75, 3.05) is 33.2 Å². The summed E-state index contributed by atoms with van der Waals surface area (Å²) in [7, 11) is 2.05. The highest BCUT2D eigenvalue weighted by molar-refractivity contribution is 5.74. The first-order valence-corrected chi connectivity index (χ1v) is 10.9. The number of hydrogen-bond donors (Lipinski definition) is 2. The molecule has 0 unspecified atom stereocenters. The maximum Gasteiger partial charge on any atom is 0.150 e. The van der Waals surface area contributed by atoms with Crippen LogP contribution in [0.15, 0.2) is 60.7 Å². The predicted molar refractivity (Wildman–Crippen MR) is 122 cm³/mol. The van der Waals surface area contributed by atoms with Gasteiger partial charge in [-0.3, -0.25) is 9.69 Å². The minimum Gasteiger partial charge on any atom is -0.316 e. The number of rotatable bonds is 5. The van der Waals surface area contributed by atoms with E-state index < -0.39 is 0 Å². The smallest absolute Gasteiger partial charge is 0.150 e. The lowest BCUT2D eigenvalue weighted by molar-refractivity contribution is 0.112. The fourth-order valence-corrected chi connectivity index (χ4v) is 3.65. The van der Waals surface area contributed by atoms with E-state index in [1.165, 1.54) is 51.0 Å². The molecule has 2 aromatic carbocycles. The third kappa shape index (κ3) is 9.35. The third-order valence-electron chi connectivity index (χ3n) is 5.61. The van der Waals surface area contributed by atoms with Crippen molar-refractivity contribution >= 4 is 6.29 Å². The first-order valence-electron chi connectivity index (χ1n) is 10.9. The maximum absolute atomic E-state index is 10.0. The van der Waals surface area contributed by atoms with Crippen molar-refractivity contribution in [2.45, 2.75) is 38.8 Å². The van der Waals surface area contributed by atoms with Crippen LogP contribution in [0.1, 0.15) is 42.1 Å². The Bertz CT molecular complexity index is 656. The Morgan fingerprint density at radius 3 is 2.21 bits per heavy atom. The summed E-state index contributed by atoms with van der Waals surface area (Å²) >= 11 is 0. The Labute approximate surface area is 176 Å². The highest BCUT2D eigenvalue weighted by Crippen LogP contribution is 2.12. The van der Waals surface area contributed by atoms with Gasteiger partial charge in [0.15, 0.2) is 0 Å². The fraction of sp³-hybridized carbons (Fsp3) is 0.480. The van der Waals surface area contributed by atoms with Gasteiger partial charge in [0.25, 0.3) is 0 Å². The molecule has 2 aliphatic heterocycles. The number of hydrogen-bond acceptors (Lipinski definition) is 4. The zero-order valence-corrected chi connectivity index (χ0v) is 18.0. The quantitative estimate of drug-likeness (QED) is 0.752. The van der Waals surface area contributed by atoms with Crippen molar-refractivity contribution in [1.82, 2.24) is 15.5 Å². The molecule has 4 heteroatoms. The van der Waals surface area contributed by atoms with E-state index in [-0.39, 0.29) is 0 Å². The van der Waals surface area contributed by atoms with Gasteiger partial charge < -0.3 is 10.6 Å². The number of likely N-dealkylation sites (N-methyl/N-ethyl adjacent to an activating group) is 1. The minimum atomic E-state index is 0.693. The number of aldehydes is 1. The van der Waals surface area contributed by atoms with E-state index in [1.807, 2.05) is 18.2 Å². The third-order valence-corrected chi connectivity index (χ3v) is 5.61. The molecule has 2 aliphatic rings. The largest absolute Gasteiger partial charge is 0.316 e. The molecule has 2 heterocycles. The van der Waals surface area contributed by atoms with Crippen molar-refractivity contribution in [3.63, 3.8) is 0 Å². The summed E-state index contributed by atoms with van der Waals surface area (Å²) in [5.74, 6) is 0.986. The summed E-state index contributed by atoms with van der Waals surface area (Å²) in [6, 6.07) is 20.5. The number of nitrogens with one attached hydrogen (secondary N) is 2. The summed E-state index contributed by atoms with van der Waals surface area (Å²) in [6.07, 6.45) is 4.87. The summed E-state index contributed by atoms with van der Waals surface area (Å²) in [5, 5.41) is 6.66. The fourth-order valence-electron chi connectivity index (χ4n) is 3.65. The van der Waals surface area contributed by atoms with Crippen molar-refractivity contribution < 1.29 is 4.79 Å². The SMILES string of the molecule is CC[C@@H]1CCNC1.CN[C@@H]1CCN(Cc2ccccc2)C1.O=Cc1ccccc1. The lowest BCUT2D eigenvalue weighted by Gasteiger charge is -2.15. The molecule has 0 amide bonds. The number of carbonyl (C=O) groups is 1. The van der Waals surface area contributed by atoms with E-state index in [0.29, 0.717) is 6.04 Å². The van der Waals surface area contributed by atoms with Gasteiger partial charge >= 0.3 is 0 Å². The molecule has 2 atom stereocenters. The Hall–Kier alpha value is -2.01. The van der Waals surface area contributed by atoms with E-state index in [1.54, 1.807) is 12.1 Å². The number of benzene rings is 2. The highest BCUT2D eigenvalue weighted by Gasteiger charge is 2.20. The molecular weight excluding hydrogens is 358 g/mol. The molecule has 4 rings (SSSR count). The van der Waals surface area contributed by atoms with Gasteiger partial charge in [0.05, 0.1) is 0 Å². The van der Waals surface area contributed by atoms with Gasteiger partial charge in [0.2, 0.25) is 0 Å². The van der Waals surface area contributed by atoms with E-state index >= 15 is 0 Å². The van der Waals surface area contributed by atoms with Crippen LogP contribution in [0.5, 0.6) is 0 Å². The summed E-state index contributed by atoms with van der Waals surface area (Å²) in [4.78, 5) is 12.5. The first kappa shape index (κ1) is 23.3. The number of likely N-dealkylation sites (tertiary alicyclic amines) is 1. The lowest BCUT2D eigenvalue weighted by Crippen LogP contribution is -2.29. The molecule has 0 spiro atoms. The predicted octanol–water partition coefficient (Wildman–Crippen LogP) is 3.99. The second kappa shape index (κ2) is 14.0. The van der Waals surface area contributed by atoms with E-state index in [0.717, 1.165) is 24.3 Å². The molecule has 0 saturated carbocycles. The zero-order valence-electron chi connectivity index (χ0n) is 18.0. The maximum atomic E-state index is 10.0. The molecule has 2 fully saturated rings. The van der Waals surface area contributed by atoms with E-state index in [9.17, 15) is 4.79 Å². The Balaban J connectivity index is 0.000000170. The van der Waals surface area contributed by atoms with Crippen LogP contribution in [-0.4, -0.2) is 50.5 Å². The van der Waals surface area contributed by atoms with Gasteiger partial charge in [0, 0.05) is 31.2 Å². The van der Waals surface area contributed by atoms with Crippen LogP contribution in [0.25, 0.3) is 0 Å². The van der Waals surface area contributed by atoms with Crippen LogP contribution in [-0.2, 0) is 6.54 Å². The molecule has 29 heavy (non-hydrogen) atoms. The molecule has 0 aliphatic carbocycles. The van der Waals surface area contributed by atoms with Gasteiger partial charge in [-0.25, -0.2) is 0 Å². The van der Waals surface area contributed by atoms with Gasteiger partial charge in [-0.05, 0) is 44.5 Å². The van der Waals surface area contributed by atoms with Crippen LogP contribution >= 0.6 is 0 Å². The van der Waals surface area contributed by atoms with Crippen molar-refractivity contribution in [1.29, 1.82) is 0 Å². The van der Waals surface area contributed by atoms with Crippen LogP contribution < -0.4 is 10.6 Å². The van der Waals surface area contributed by atoms with Gasteiger partial charge in [-0.15, -0.1) is 0 Å². The van der Waals surface area contributed by atoms with E-state index in [4.69, 9.17) is 0 Å². The zero-order chi connectivity index (χ0) is 20.7. The average molecular weight is 396 g/mol. The normalized spacial score (nSPS) is 20.9. The summed E-state index contributed by atoms with van der Waals surface area (Å²) in [6.45, 7) is 8.28. The average Bonchev–Trinajstić information content (AvgIpc) is 3.48. The monoisotopic (exact) mass is 395 g/mol. The minimum absolute atomic E-state index is 0.693. The van der Waals surface area contributed by atoms with Gasteiger partial charge in [-0.1, -0.05) is 74.0 Å². The topological polar surface area (TPSA) is 44.4 Å². The van der Waals surface area contributed by atoms with Gasteiger partial charge in [0.1, 0.15) is 6.29 Å². The number of nitrogens with zero attached hydrogens (tertiary/aromatic N) is 1. The second-order valence-corrected chi connectivity index (χ2v) is 7.79. The molecule has 4 nitrogen and oxygen atoms in total. The Kier molecular flexibility index (Phi) is 11.3. The molecule has 2 aromatic rings. The van der Waals surface area contributed by atoms with Crippen molar-refractivity contribution in [3.8, 4) is 0 Å². The second-order valence-electron chi connectivity index (χ2n) is 7.79. The van der Waals surface area contributed by atoms with Gasteiger partial charge in [-0.2, -0.15) is 0 Å². The summed E-state index contributed by atoms with van der Waals surface area (Å²) < 4.78 is 0. The molecule has 0 aromatic heterocycles.